The Morgan fingerprint density at radius 2 is 1.27 bits per heavy atom. The summed E-state index contributed by atoms with van der Waals surface area (Å²) in [5, 5.41) is 8.56. The first kappa shape index (κ1) is 14.5. The highest BCUT2D eigenvalue weighted by Crippen LogP contribution is 2.06. The lowest BCUT2D eigenvalue weighted by Gasteiger charge is -1.96. The number of aliphatic hydroxyl groups excluding tert-OH is 1. The minimum atomic E-state index is 0.305. The van der Waals surface area contributed by atoms with Crippen molar-refractivity contribution in [3.8, 4) is 11.8 Å². The van der Waals surface area contributed by atoms with E-state index in [0.29, 0.717) is 6.61 Å². The topological polar surface area (TPSA) is 20.2 Å². The van der Waals surface area contributed by atoms with Crippen LogP contribution in [0.4, 0.5) is 0 Å². The highest BCUT2D eigenvalue weighted by molar-refractivity contribution is 4.98. The van der Waals surface area contributed by atoms with Crippen molar-refractivity contribution in [2.24, 2.45) is 0 Å². The molecule has 0 aliphatic carbocycles. The molecule has 0 aliphatic rings. The normalized spacial score (nSPS) is 9.73. The molecule has 0 amide bonds. The molecule has 0 aliphatic heterocycles. The third-order valence-corrected chi connectivity index (χ3v) is 2.49. The lowest BCUT2D eigenvalue weighted by atomic mass is 10.1. The van der Waals surface area contributed by atoms with Gasteiger partial charge in [-0.1, -0.05) is 39.0 Å². The van der Waals surface area contributed by atoms with Crippen LogP contribution in [0.2, 0.25) is 0 Å². The molecule has 0 bridgehead atoms. The van der Waals surface area contributed by atoms with Crippen LogP contribution in [0.5, 0.6) is 0 Å². The predicted octanol–water partition coefficient (Wildman–Crippen LogP) is 3.90. The molecular weight excluding hydrogens is 184 g/mol. The summed E-state index contributed by atoms with van der Waals surface area (Å²) in [5.41, 5.74) is 0. The fourth-order valence-electron chi connectivity index (χ4n) is 1.50. The van der Waals surface area contributed by atoms with Gasteiger partial charge in [0.05, 0.1) is 0 Å². The standard InChI is InChI=1S/C14H26O/c1-2-3-4-5-6-7-8-9-10-11-12-13-14-15/h15H,2-8,11-14H2,1H3. The Morgan fingerprint density at radius 1 is 0.733 bits per heavy atom. The van der Waals surface area contributed by atoms with E-state index in [1.807, 2.05) is 0 Å². The molecule has 0 saturated carbocycles. The van der Waals surface area contributed by atoms with E-state index in [-0.39, 0.29) is 0 Å². The smallest absolute Gasteiger partial charge is 0.0431 e. The van der Waals surface area contributed by atoms with E-state index in [4.69, 9.17) is 5.11 Å². The van der Waals surface area contributed by atoms with Gasteiger partial charge in [-0.25, -0.2) is 0 Å². The molecule has 0 spiro atoms. The van der Waals surface area contributed by atoms with Gasteiger partial charge < -0.3 is 5.11 Å². The van der Waals surface area contributed by atoms with Crippen LogP contribution in [0.3, 0.4) is 0 Å². The van der Waals surface area contributed by atoms with Gasteiger partial charge in [-0.15, -0.1) is 11.8 Å². The van der Waals surface area contributed by atoms with Crippen LogP contribution < -0.4 is 0 Å². The fraction of sp³-hybridized carbons (Fsp3) is 0.857. The van der Waals surface area contributed by atoms with Crippen molar-refractivity contribution in [3.05, 3.63) is 0 Å². The molecule has 0 aromatic carbocycles. The molecular formula is C14H26O. The Morgan fingerprint density at radius 3 is 1.87 bits per heavy atom. The summed E-state index contributed by atoms with van der Waals surface area (Å²) in [4.78, 5) is 0. The van der Waals surface area contributed by atoms with Crippen molar-refractivity contribution in [1.29, 1.82) is 0 Å². The van der Waals surface area contributed by atoms with Gasteiger partial charge in [-0.05, 0) is 19.3 Å². The Kier molecular flexibility index (Phi) is 13.1. The van der Waals surface area contributed by atoms with Crippen molar-refractivity contribution in [1.82, 2.24) is 0 Å². The molecule has 88 valence electrons. The number of aliphatic hydroxyl groups is 1. The first-order valence-electron chi connectivity index (χ1n) is 6.48. The largest absolute Gasteiger partial charge is 0.396 e. The molecule has 15 heavy (non-hydrogen) atoms. The molecule has 0 rings (SSSR count). The van der Waals surface area contributed by atoms with E-state index < -0.39 is 0 Å². The lowest BCUT2D eigenvalue weighted by Crippen LogP contribution is -1.81. The van der Waals surface area contributed by atoms with E-state index >= 15 is 0 Å². The zero-order chi connectivity index (χ0) is 11.2. The molecule has 0 radical (unpaired) electrons. The second-order valence-corrected chi connectivity index (χ2v) is 4.05. The van der Waals surface area contributed by atoms with Gasteiger partial charge in [0, 0.05) is 19.4 Å². The molecule has 0 aromatic rings. The summed E-state index contributed by atoms with van der Waals surface area (Å²) < 4.78 is 0. The quantitative estimate of drug-likeness (QED) is 0.452. The third kappa shape index (κ3) is 13.5. The summed E-state index contributed by atoms with van der Waals surface area (Å²) in [7, 11) is 0. The van der Waals surface area contributed by atoms with E-state index in [9.17, 15) is 0 Å². The molecule has 0 aromatic heterocycles. The average molecular weight is 210 g/mol. The number of hydrogen-bond acceptors (Lipinski definition) is 1. The zero-order valence-corrected chi connectivity index (χ0v) is 10.2. The van der Waals surface area contributed by atoms with Crippen LogP contribution in [-0.4, -0.2) is 11.7 Å². The molecule has 0 saturated heterocycles. The van der Waals surface area contributed by atoms with Gasteiger partial charge in [0.15, 0.2) is 0 Å². The van der Waals surface area contributed by atoms with Crippen LogP contribution in [0, 0.1) is 11.8 Å². The Balaban J connectivity index is 3.02. The predicted molar refractivity (Wildman–Crippen MR) is 66.7 cm³/mol. The van der Waals surface area contributed by atoms with Gasteiger partial charge in [-0.3, -0.25) is 0 Å². The molecule has 1 N–H and O–H groups in total. The van der Waals surface area contributed by atoms with Crippen LogP contribution in [0.15, 0.2) is 0 Å². The SMILES string of the molecule is CCCCCCCCC#CCCCCO. The van der Waals surface area contributed by atoms with E-state index in [2.05, 4.69) is 18.8 Å². The van der Waals surface area contributed by atoms with Crippen molar-refractivity contribution in [2.75, 3.05) is 6.61 Å². The first-order chi connectivity index (χ1) is 7.41. The zero-order valence-electron chi connectivity index (χ0n) is 10.2. The maximum Gasteiger partial charge on any atom is 0.0431 e. The summed E-state index contributed by atoms with van der Waals surface area (Å²) in [5.74, 6) is 6.36. The second-order valence-electron chi connectivity index (χ2n) is 4.05. The maximum absolute atomic E-state index is 8.56. The van der Waals surface area contributed by atoms with Crippen LogP contribution >= 0.6 is 0 Å². The van der Waals surface area contributed by atoms with Crippen molar-refractivity contribution < 1.29 is 5.11 Å². The van der Waals surface area contributed by atoms with Crippen LogP contribution in [-0.2, 0) is 0 Å². The fourth-order valence-corrected chi connectivity index (χ4v) is 1.50. The molecule has 1 heteroatoms. The van der Waals surface area contributed by atoms with Gasteiger partial charge >= 0.3 is 0 Å². The lowest BCUT2D eigenvalue weighted by molar-refractivity contribution is 0.285. The summed E-state index contributed by atoms with van der Waals surface area (Å²) >= 11 is 0. The van der Waals surface area contributed by atoms with E-state index in [1.165, 1.54) is 38.5 Å². The Hall–Kier alpha value is -0.480. The van der Waals surface area contributed by atoms with E-state index in [1.54, 1.807) is 0 Å². The number of unbranched alkanes of at least 4 members (excludes halogenated alkanes) is 8. The highest BCUT2D eigenvalue weighted by atomic mass is 16.2. The molecule has 0 heterocycles. The Bertz CT molecular complexity index is 164. The minimum absolute atomic E-state index is 0.305. The van der Waals surface area contributed by atoms with Gasteiger partial charge in [0.25, 0.3) is 0 Å². The summed E-state index contributed by atoms with van der Waals surface area (Å²) in [6, 6.07) is 0. The first-order valence-corrected chi connectivity index (χ1v) is 6.48. The summed E-state index contributed by atoms with van der Waals surface area (Å²) in [6.45, 7) is 2.55. The van der Waals surface area contributed by atoms with Crippen LogP contribution in [0.1, 0.15) is 71.1 Å². The minimum Gasteiger partial charge on any atom is -0.396 e. The number of rotatable bonds is 9. The van der Waals surface area contributed by atoms with Crippen molar-refractivity contribution in [3.63, 3.8) is 0 Å². The van der Waals surface area contributed by atoms with E-state index in [0.717, 1.165) is 25.7 Å². The average Bonchev–Trinajstić information content (AvgIpc) is 2.26. The third-order valence-electron chi connectivity index (χ3n) is 2.49. The van der Waals surface area contributed by atoms with Crippen LogP contribution in [0.25, 0.3) is 0 Å². The van der Waals surface area contributed by atoms with Gasteiger partial charge in [0.1, 0.15) is 0 Å². The molecule has 0 atom stereocenters. The highest BCUT2D eigenvalue weighted by Gasteiger charge is 1.87. The molecule has 1 nitrogen and oxygen atoms in total. The Labute approximate surface area is 95.3 Å². The van der Waals surface area contributed by atoms with Gasteiger partial charge in [-0.2, -0.15) is 0 Å². The maximum atomic E-state index is 8.56. The monoisotopic (exact) mass is 210 g/mol. The van der Waals surface area contributed by atoms with Crippen molar-refractivity contribution in [2.45, 2.75) is 71.1 Å². The van der Waals surface area contributed by atoms with Gasteiger partial charge in [0.2, 0.25) is 0 Å². The van der Waals surface area contributed by atoms with Crippen molar-refractivity contribution >= 4 is 0 Å². The molecule has 0 fully saturated rings. The number of hydrogen-bond donors (Lipinski definition) is 1. The second kappa shape index (κ2) is 13.5. The molecule has 0 unspecified atom stereocenters. The summed E-state index contributed by atoms with van der Waals surface area (Å²) in [6.07, 6.45) is 12.0.